The molecule has 1 aromatic carbocycles. The molecule has 0 aromatic heterocycles. The van der Waals surface area contributed by atoms with Gasteiger partial charge < -0.3 is 9.47 Å². The largest absolute Gasteiger partial charge is 0.490 e. The van der Waals surface area contributed by atoms with E-state index in [0.717, 1.165) is 29.9 Å². The number of hydrogen-bond acceptors (Lipinski definition) is 4. The van der Waals surface area contributed by atoms with Gasteiger partial charge in [0, 0.05) is 12.5 Å². The molecule has 0 saturated heterocycles. The van der Waals surface area contributed by atoms with Crippen LogP contribution in [0.15, 0.2) is 18.2 Å². The van der Waals surface area contributed by atoms with Crippen molar-refractivity contribution in [3.8, 4) is 11.5 Å². The predicted octanol–water partition coefficient (Wildman–Crippen LogP) is 2.79. The summed E-state index contributed by atoms with van der Waals surface area (Å²) in [6, 6.07) is 6.20. The Morgan fingerprint density at radius 2 is 1.89 bits per heavy atom. The van der Waals surface area contributed by atoms with Crippen LogP contribution in [0.5, 0.6) is 11.5 Å². The van der Waals surface area contributed by atoms with Crippen LogP contribution in [-0.2, 0) is 0 Å². The van der Waals surface area contributed by atoms with Crippen LogP contribution in [0.3, 0.4) is 0 Å². The summed E-state index contributed by atoms with van der Waals surface area (Å²) in [6.45, 7) is 8.05. The summed E-state index contributed by atoms with van der Waals surface area (Å²) < 4.78 is 11.4. The molecule has 4 heteroatoms. The first-order valence-electron chi connectivity index (χ1n) is 6.85. The molecule has 4 nitrogen and oxygen atoms in total. The smallest absolute Gasteiger partial charge is 0.161 e. The summed E-state index contributed by atoms with van der Waals surface area (Å²) in [5.41, 5.74) is 4.25. The molecule has 3 N–H and O–H groups in total. The number of nitrogens with two attached hydrogens (primary N) is 1. The van der Waals surface area contributed by atoms with Gasteiger partial charge in [0.05, 0.1) is 13.2 Å². The van der Waals surface area contributed by atoms with E-state index in [1.807, 2.05) is 12.1 Å². The minimum absolute atomic E-state index is 0.122. The monoisotopic (exact) mass is 264 g/mol. The number of nitrogens with one attached hydrogen (secondary N) is 1. The van der Waals surface area contributed by atoms with Crippen LogP contribution in [0.1, 0.15) is 45.2 Å². The number of ether oxygens (including phenoxy) is 2. The highest BCUT2D eigenvalue weighted by Crippen LogP contribution is 2.35. The number of hydrazine groups is 1. The van der Waals surface area contributed by atoms with E-state index in [0.29, 0.717) is 13.2 Å². The molecule has 1 aliphatic rings. The third-order valence-electron chi connectivity index (χ3n) is 3.19. The normalized spacial score (nSPS) is 16.8. The van der Waals surface area contributed by atoms with Crippen molar-refractivity contribution in [3.63, 3.8) is 0 Å². The first kappa shape index (κ1) is 14.2. The van der Waals surface area contributed by atoms with Gasteiger partial charge in [-0.1, -0.05) is 26.8 Å². The molecule has 2 rings (SSSR count). The Bertz CT molecular complexity index is 427. The Balaban J connectivity index is 2.21. The second kappa shape index (κ2) is 5.80. The van der Waals surface area contributed by atoms with E-state index in [-0.39, 0.29) is 11.5 Å². The van der Waals surface area contributed by atoms with E-state index >= 15 is 0 Å². The third kappa shape index (κ3) is 3.85. The molecule has 1 aliphatic heterocycles. The van der Waals surface area contributed by atoms with Gasteiger partial charge in [0.25, 0.3) is 0 Å². The van der Waals surface area contributed by atoms with Gasteiger partial charge in [-0.05, 0) is 29.5 Å². The van der Waals surface area contributed by atoms with Crippen molar-refractivity contribution in [1.29, 1.82) is 0 Å². The Hall–Kier alpha value is -1.26. The zero-order chi connectivity index (χ0) is 13.9. The van der Waals surface area contributed by atoms with Gasteiger partial charge in [0.2, 0.25) is 0 Å². The van der Waals surface area contributed by atoms with E-state index in [9.17, 15) is 0 Å². The molecular formula is C15H24N2O2. The van der Waals surface area contributed by atoms with Crippen molar-refractivity contribution in [1.82, 2.24) is 5.43 Å². The van der Waals surface area contributed by atoms with Gasteiger partial charge in [-0.2, -0.15) is 0 Å². The summed E-state index contributed by atoms with van der Waals surface area (Å²) in [7, 11) is 0. The van der Waals surface area contributed by atoms with Crippen LogP contribution >= 0.6 is 0 Å². The average molecular weight is 264 g/mol. The first-order chi connectivity index (χ1) is 8.99. The van der Waals surface area contributed by atoms with Crippen LogP contribution in [0, 0.1) is 5.41 Å². The summed E-state index contributed by atoms with van der Waals surface area (Å²) in [6.07, 6.45) is 1.88. The van der Waals surface area contributed by atoms with Crippen molar-refractivity contribution in [2.45, 2.75) is 39.7 Å². The maximum absolute atomic E-state index is 5.72. The highest BCUT2D eigenvalue weighted by Gasteiger charge is 2.21. The first-order valence-corrected chi connectivity index (χ1v) is 6.85. The molecule has 1 atom stereocenters. The van der Waals surface area contributed by atoms with Gasteiger partial charge in [-0.3, -0.25) is 11.3 Å². The molecule has 0 amide bonds. The fourth-order valence-corrected chi connectivity index (χ4v) is 2.28. The lowest BCUT2D eigenvalue weighted by Crippen LogP contribution is -2.31. The number of benzene rings is 1. The van der Waals surface area contributed by atoms with Crippen molar-refractivity contribution in [2.75, 3.05) is 13.2 Å². The maximum atomic E-state index is 5.72. The van der Waals surface area contributed by atoms with E-state index < -0.39 is 0 Å². The molecule has 1 aromatic rings. The molecule has 1 heterocycles. The fourth-order valence-electron chi connectivity index (χ4n) is 2.28. The van der Waals surface area contributed by atoms with Crippen molar-refractivity contribution < 1.29 is 9.47 Å². The third-order valence-corrected chi connectivity index (χ3v) is 3.19. The lowest BCUT2D eigenvalue weighted by atomic mass is 9.85. The quantitative estimate of drug-likeness (QED) is 0.651. The summed E-state index contributed by atoms with van der Waals surface area (Å²) in [5.74, 6) is 7.35. The van der Waals surface area contributed by atoms with Gasteiger partial charge in [-0.15, -0.1) is 0 Å². The van der Waals surface area contributed by atoms with Crippen molar-refractivity contribution in [3.05, 3.63) is 23.8 Å². The topological polar surface area (TPSA) is 56.5 Å². The van der Waals surface area contributed by atoms with E-state index in [1.165, 1.54) is 0 Å². The summed E-state index contributed by atoms with van der Waals surface area (Å²) in [4.78, 5) is 0. The molecule has 19 heavy (non-hydrogen) atoms. The Labute approximate surface area is 115 Å². The van der Waals surface area contributed by atoms with Gasteiger partial charge >= 0.3 is 0 Å². The van der Waals surface area contributed by atoms with Gasteiger partial charge in [0.1, 0.15) is 0 Å². The summed E-state index contributed by atoms with van der Waals surface area (Å²) in [5, 5.41) is 0. The maximum Gasteiger partial charge on any atom is 0.161 e. The Kier molecular flexibility index (Phi) is 4.32. The van der Waals surface area contributed by atoms with E-state index in [4.69, 9.17) is 15.3 Å². The molecule has 0 bridgehead atoms. The molecular weight excluding hydrogens is 240 g/mol. The molecule has 106 valence electrons. The lowest BCUT2D eigenvalue weighted by molar-refractivity contribution is 0.296. The Morgan fingerprint density at radius 1 is 1.21 bits per heavy atom. The second-order valence-corrected chi connectivity index (χ2v) is 6.24. The minimum Gasteiger partial charge on any atom is -0.490 e. The van der Waals surface area contributed by atoms with Crippen LogP contribution in [0.4, 0.5) is 0 Å². The molecule has 0 fully saturated rings. The summed E-state index contributed by atoms with van der Waals surface area (Å²) >= 11 is 0. The molecule has 0 radical (unpaired) electrons. The van der Waals surface area contributed by atoms with Crippen molar-refractivity contribution in [2.24, 2.45) is 11.3 Å². The molecule has 0 spiro atoms. The van der Waals surface area contributed by atoms with Crippen LogP contribution < -0.4 is 20.7 Å². The van der Waals surface area contributed by atoms with Crippen LogP contribution in [0.25, 0.3) is 0 Å². The van der Waals surface area contributed by atoms with Crippen LogP contribution in [-0.4, -0.2) is 13.2 Å². The lowest BCUT2D eigenvalue weighted by Gasteiger charge is -2.26. The highest BCUT2D eigenvalue weighted by atomic mass is 16.5. The van der Waals surface area contributed by atoms with E-state index in [1.54, 1.807) is 0 Å². The van der Waals surface area contributed by atoms with E-state index in [2.05, 4.69) is 32.3 Å². The predicted molar refractivity (Wildman–Crippen MR) is 76.2 cm³/mol. The Morgan fingerprint density at radius 3 is 2.53 bits per heavy atom. The minimum atomic E-state index is 0.122. The van der Waals surface area contributed by atoms with Crippen LogP contribution in [0.2, 0.25) is 0 Å². The molecule has 0 aliphatic carbocycles. The SMILES string of the molecule is CC(C)(C)CC(NN)c1ccc2c(c1)OCCCO2. The standard InChI is InChI=1S/C15H24N2O2/c1-15(2,3)10-12(17-16)11-5-6-13-14(9-11)19-8-4-7-18-13/h5-6,9,12,17H,4,7-8,10,16H2,1-3H3. The molecule has 0 saturated carbocycles. The average Bonchev–Trinajstić information content (AvgIpc) is 2.59. The number of rotatable bonds is 3. The van der Waals surface area contributed by atoms with Gasteiger partial charge in [-0.25, -0.2) is 0 Å². The molecule has 1 unspecified atom stereocenters. The number of hydrogen-bond donors (Lipinski definition) is 2. The number of fused-ring (bicyclic) bond motifs is 1. The zero-order valence-electron chi connectivity index (χ0n) is 12.0. The zero-order valence-corrected chi connectivity index (χ0v) is 12.0. The fraction of sp³-hybridized carbons (Fsp3) is 0.600. The second-order valence-electron chi connectivity index (χ2n) is 6.24. The van der Waals surface area contributed by atoms with Crippen molar-refractivity contribution >= 4 is 0 Å². The van der Waals surface area contributed by atoms with Gasteiger partial charge in [0.15, 0.2) is 11.5 Å². The highest BCUT2D eigenvalue weighted by molar-refractivity contribution is 5.44.